The number of hydrogen-bond donors (Lipinski definition) is 3. The maximum absolute atomic E-state index is 12.4. The molecule has 0 aromatic heterocycles. The van der Waals surface area contributed by atoms with Crippen molar-refractivity contribution in [1.82, 2.24) is 5.32 Å². The van der Waals surface area contributed by atoms with Crippen molar-refractivity contribution >= 4 is 5.78 Å². The van der Waals surface area contributed by atoms with Gasteiger partial charge >= 0.3 is 0 Å². The van der Waals surface area contributed by atoms with Crippen LogP contribution in [0.25, 0.3) is 0 Å². The number of phenolic OH excluding ortho intramolecular Hbond substituents is 1. The summed E-state index contributed by atoms with van der Waals surface area (Å²) in [5, 5.41) is 24.7. The summed E-state index contributed by atoms with van der Waals surface area (Å²) in [7, 11) is 1.80. The lowest BCUT2D eigenvalue weighted by Gasteiger charge is -2.51. The van der Waals surface area contributed by atoms with Gasteiger partial charge in [-0.05, 0) is 45.9 Å². The minimum Gasteiger partial charge on any atom is -0.504 e. The molecular weight excluding hydrogens is 282 g/mol. The van der Waals surface area contributed by atoms with Crippen LogP contribution >= 0.6 is 0 Å². The molecule has 0 radical (unpaired) electrons. The second-order valence-electron chi connectivity index (χ2n) is 6.71. The number of aromatic hydroxyl groups is 1. The van der Waals surface area contributed by atoms with Crippen LogP contribution in [0.15, 0.2) is 12.1 Å². The number of Topliss-reactive ketones (excluding diaryl/α,β-unsaturated/α-hetero) is 1. The number of ether oxygens (including phenoxy) is 1. The van der Waals surface area contributed by atoms with Crippen molar-refractivity contribution in [2.75, 3.05) is 7.05 Å². The molecule has 4 atom stereocenters. The third-order valence-electron chi connectivity index (χ3n) is 5.72. The number of carbonyl (C=O) groups is 1. The number of likely N-dealkylation sites (N-methyl/N-ethyl adjacent to an activating group) is 1. The van der Waals surface area contributed by atoms with Crippen LogP contribution in [0.2, 0.25) is 0 Å². The predicted molar refractivity (Wildman–Crippen MR) is 82.3 cm³/mol. The maximum Gasteiger partial charge on any atom is 0.174 e. The van der Waals surface area contributed by atoms with Gasteiger partial charge in [0, 0.05) is 18.0 Å². The summed E-state index contributed by atoms with van der Waals surface area (Å²) in [6, 6.07) is 3.15. The molecule has 3 N–H and O–H groups in total. The fourth-order valence-electron chi connectivity index (χ4n) is 4.24. The molecule has 5 heteroatoms. The number of rotatable bonds is 2. The summed E-state index contributed by atoms with van der Waals surface area (Å²) in [4.78, 5) is 12.4. The van der Waals surface area contributed by atoms with Crippen LogP contribution in [0.4, 0.5) is 0 Å². The monoisotopic (exact) mass is 305 g/mol. The van der Waals surface area contributed by atoms with Crippen LogP contribution in [0.3, 0.4) is 0 Å². The number of fused-ring (bicyclic) bond motifs is 3. The lowest BCUT2D eigenvalue weighted by Crippen LogP contribution is -2.68. The number of benzene rings is 1. The van der Waals surface area contributed by atoms with E-state index in [1.807, 2.05) is 20.8 Å². The van der Waals surface area contributed by atoms with E-state index >= 15 is 0 Å². The zero-order valence-electron chi connectivity index (χ0n) is 13.4. The SMILES string of the molecule is CN[C@H](C)[C@]1(O)CCC(=O)C2Oc3c(O)ccc(C)c3[C@@]21C. The van der Waals surface area contributed by atoms with Crippen LogP contribution in [0.5, 0.6) is 11.5 Å². The Labute approximate surface area is 130 Å². The highest BCUT2D eigenvalue weighted by atomic mass is 16.5. The van der Waals surface area contributed by atoms with E-state index in [1.54, 1.807) is 19.2 Å². The Morgan fingerprint density at radius 1 is 1.45 bits per heavy atom. The minimum atomic E-state index is -1.13. The lowest BCUT2D eigenvalue weighted by molar-refractivity contribution is -0.152. The first-order valence-corrected chi connectivity index (χ1v) is 7.69. The fraction of sp³-hybridized carbons (Fsp3) is 0.588. The standard InChI is InChI=1S/C17H23NO4/c1-9-5-6-11(19)14-13(9)16(3)15(22-14)12(20)7-8-17(16,21)10(2)18-4/h5-6,10,15,18-19,21H,7-8H2,1-4H3/t10-,15?,16+,17-/m1/s1. The Morgan fingerprint density at radius 3 is 2.77 bits per heavy atom. The van der Waals surface area contributed by atoms with Crippen LogP contribution in [0, 0.1) is 6.92 Å². The van der Waals surface area contributed by atoms with E-state index in [1.165, 1.54) is 0 Å². The van der Waals surface area contributed by atoms with Gasteiger partial charge in [-0.1, -0.05) is 6.07 Å². The van der Waals surface area contributed by atoms with Crippen LogP contribution < -0.4 is 10.1 Å². The van der Waals surface area contributed by atoms with Crippen molar-refractivity contribution in [3.05, 3.63) is 23.3 Å². The van der Waals surface area contributed by atoms with E-state index in [0.717, 1.165) is 11.1 Å². The van der Waals surface area contributed by atoms with E-state index in [-0.39, 0.29) is 24.0 Å². The van der Waals surface area contributed by atoms with Crippen molar-refractivity contribution in [1.29, 1.82) is 0 Å². The molecule has 2 aliphatic rings. The Kier molecular flexibility index (Phi) is 3.27. The van der Waals surface area contributed by atoms with Gasteiger partial charge < -0.3 is 20.3 Å². The molecule has 3 rings (SSSR count). The van der Waals surface area contributed by atoms with E-state index < -0.39 is 17.1 Å². The number of aliphatic hydroxyl groups is 1. The summed E-state index contributed by atoms with van der Waals surface area (Å²) >= 11 is 0. The third-order valence-corrected chi connectivity index (χ3v) is 5.72. The highest BCUT2D eigenvalue weighted by Crippen LogP contribution is 2.58. The smallest absolute Gasteiger partial charge is 0.174 e. The summed E-state index contributed by atoms with van der Waals surface area (Å²) in [6.07, 6.45) is -0.112. The quantitative estimate of drug-likeness (QED) is 0.770. The van der Waals surface area contributed by atoms with E-state index in [4.69, 9.17) is 4.74 Å². The van der Waals surface area contributed by atoms with Crippen LogP contribution in [-0.2, 0) is 10.2 Å². The Morgan fingerprint density at radius 2 is 2.14 bits per heavy atom. The molecule has 120 valence electrons. The number of aryl methyl sites for hydroxylation is 1. The summed E-state index contributed by atoms with van der Waals surface area (Å²) in [5.74, 6) is 0.332. The van der Waals surface area contributed by atoms with Crippen molar-refractivity contribution in [2.45, 2.75) is 56.8 Å². The van der Waals surface area contributed by atoms with Gasteiger partial charge in [0.15, 0.2) is 23.4 Å². The van der Waals surface area contributed by atoms with E-state index in [9.17, 15) is 15.0 Å². The van der Waals surface area contributed by atoms with E-state index in [0.29, 0.717) is 12.2 Å². The fourth-order valence-corrected chi connectivity index (χ4v) is 4.24. The van der Waals surface area contributed by atoms with Gasteiger partial charge in [-0.2, -0.15) is 0 Å². The molecule has 0 amide bonds. The Bertz CT molecular complexity index is 644. The van der Waals surface area contributed by atoms with Gasteiger partial charge in [-0.3, -0.25) is 4.79 Å². The molecule has 1 saturated carbocycles. The molecule has 1 aliphatic carbocycles. The predicted octanol–water partition coefficient (Wildman–Crippen LogP) is 1.42. The van der Waals surface area contributed by atoms with Gasteiger partial charge in [0.25, 0.3) is 0 Å². The average Bonchev–Trinajstić information content (AvgIpc) is 2.83. The molecule has 22 heavy (non-hydrogen) atoms. The minimum absolute atomic E-state index is 0.0171. The number of phenols is 1. The number of nitrogens with one attached hydrogen (secondary N) is 1. The summed E-state index contributed by atoms with van der Waals surface area (Å²) in [5.41, 5.74) is -0.364. The first-order chi connectivity index (χ1) is 10.3. The second-order valence-corrected chi connectivity index (χ2v) is 6.71. The highest BCUT2D eigenvalue weighted by molar-refractivity contribution is 5.89. The topological polar surface area (TPSA) is 78.8 Å². The number of carbonyl (C=O) groups excluding carboxylic acids is 1. The van der Waals surface area contributed by atoms with Gasteiger partial charge in [0.05, 0.1) is 11.0 Å². The molecule has 1 heterocycles. The van der Waals surface area contributed by atoms with E-state index in [2.05, 4.69) is 5.32 Å². The molecule has 1 aromatic carbocycles. The first kappa shape index (κ1) is 15.3. The molecule has 1 aliphatic heterocycles. The molecular formula is C17H23NO4. The third kappa shape index (κ3) is 1.64. The van der Waals surface area contributed by atoms with Crippen molar-refractivity contribution in [3.8, 4) is 11.5 Å². The Balaban J connectivity index is 2.28. The molecule has 1 aromatic rings. The van der Waals surface area contributed by atoms with Crippen molar-refractivity contribution in [3.63, 3.8) is 0 Å². The molecule has 5 nitrogen and oxygen atoms in total. The van der Waals surface area contributed by atoms with Gasteiger partial charge in [0.2, 0.25) is 0 Å². The maximum atomic E-state index is 12.4. The molecule has 1 unspecified atom stereocenters. The zero-order chi connectivity index (χ0) is 16.3. The van der Waals surface area contributed by atoms with Crippen LogP contribution in [0.1, 0.15) is 37.8 Å². The largest absolute Gasteiger partial charge is 0.504 e. The molecule has 0 spiro atoms. The van der Waals surface area contributed by atoms with Crippen LogP contribution in [-0.4, -0.2) is 40.8 Å². The Hall–Kier alpha value is -1.59. The average molecular weight is 305 g/mol. The van der Waals surface area contributed by atoms with Crippen molar-refractivity contribution < 1.29 is 19.7 Å². The highest BCUT2D eigenvalue weighted by Gasteiger charge is 2.65. The molecule has 0 bridgehead atoms. The second kappa shape index (κ2) is 4.70. The van der Waals surface area contributed by atoms with Gasteiger partial charge in [0.1, 0.15) is 0 Å². The summed E-state index contributed by atoms with van der Waals surface area (Å²) in [6.45, 7) is 5.70. The first-order valence-electron chi connectivity index (χ1n) is 7.69. The van der Waals surface area contributed by atoms with Gasteiger partial charge in [-0.15, -0.1) is 0 Å². The molecule has 1 fully saturated rings. The number of hydrogen-bond acceptors (Lipinski definition) is 5. The normalized spacial score (nSPS) is 34.8. The van der Waals surface area contributed by atoms with Gasteiger partial charge in [-0.25, -0.2) is 0 Å². The lowest BCUT2D eigenvalue weighted by atomic mass is 9.57. The zero-order valence-corrected chi connectivity index (χ0v) is 13.4. The summed E-state index contributed by atoms with van der Waals surface area (Å²) < 4.78 is 5.84. The molecule has 0 saturated heterocycles. The van der Waals surface area contributed by atoms with Crippen molar-refractivity contribution in [2.24, 2.45) is 0 Å². The number of ketones is 1.